The minimum Gasteiger partial charge on any atom is -0.310 e. The van der Waals surface area contributed by atoms with Crippen LogP contribution in [0.4, 0.5) is 17.1 Å². The summed E-state index contributed by atoms with van der Waals surface area (Å²) in [7, 11) is 0. The fourth-order valence-corrected chi connectivity index (χ4v) is 12.2. The Bertz CT molecular complexity index is 4410. The van der Waals surface area contributed by atoms with Gasteiger partial charge in [-0.3, -0.25) is 0 Å². The molecule has 0 aliphatic carbocycles. The third-order valence-electron chi connectivity index (χ3n) is 14.2. The molecule has 3 heteroatoms. The van der Waals surface area contributed by atoms with Gasteiger partial charge < -0.3 is 9.47 Å². The van der Waals surface area contributed by atoms with Gasteiger partial charge in [-0.1, -0.05) is 176 Å². The van der Waals surface area contributed by atoms with Crippen LogP contribution in [0.3, 0.4) is 0 Å². The lowest BCUT2D eigenvalue weighted by atomic mass is 9.93. The largest absolute Gasteiger partial charge is 0.310 e. The highest BCUT2D eigenvalue weighted by atomic mass is 32.1. The first-order valence-electron chi connectivity index (χ1n) is 23.7. The number of nitrogens with zero attached hydrogens (tertiary/aromatic N) is 2. The van der Waals surface area contributed by atoms with Crippen LogP contribution in [-0.2, 0) is 0 Å². The quantitative estimate of drug-likeness (QED) is 0.167. The SMILES string of the molecule is c1ccc(-c2ccc(N(c3ccc4c5ccccc5c5ccccc5c5ccccc5c5cc6c(cc5c4c3)sc3ccccc36)c3ccc4c(c3)c3ccccc3n4-c3ccccc3)cc2)cc1. The van der Waals surface area contributed by atoms with E-state index < -0.39 is 0 Å². The molecule has 2 nitrogen and oxygen atoms in total. The van der Waals surface area contributed by atoms with E-state index in [1.807, 2.05) is 11.3 Å². The van der Waals surface area contributed by atoms with E-state index in [4.69, 9.17) is 0 Å². The molecule has 2 aromatic heterocycles. The molecule has 12 aromatic carbocycles. The number of fused-ring (bicyclic) bond motifs is 16. The fourth-order valence-electron chi connectivity index (χ4n) is 11.0. The molecule has 0 saturated heterocycles. The van der Waals surface area contributed by atoms with Crippen LogP contribution in [0.5, 0.6) is 0 Å². The Hall–Kier alpha value is -8.76. The fraction of sp³-hybridized carbons (Fsp3) is 0. The second-order valence-electron chi connectivity index (χ2n) is 18.0. The van der Waals surface area contributed by atoms with Gasteiger partial charge in [0, 0.05) is 53.7 Å². The second-order valence-corrected chi connectivity index (χ2v) is 19.1. The first kappa shape index (κ1) is 39.4. The zero-order valence-corrected chi connectivity index (χ0v) is 38.4. The number of benzene rings is 11. The normalized spacial score (nSPS) is 11.8. The van der Waals surface area contributed by atoms with Crippen molar-refractivity contribution >= 4 is 124 Å². The topological polar surface area (TPSA) is 8.17 Å². The third-order valence-corrected chi connectivity index (χ3v) is 15.3. The smallest absolute Gasteiger partial charge is 0.0542 e. The van der Waals surface area contributed by atoms with Crippen molar-refractivity contribution in [1.82, 2.24) is 4.57 Å². The van der Waals surface area contributed by atoms with Gasteiger partial charge in [-0.2, -0.15) is 0 Å². The van der Waals surface area contributed by atoms with E-state index in [0.717, 1.165) is 22.7 Å². The van der Waals surface area contributed by atoms with E-state index in [1.54, 1.807) is 0 Å². The molecular formula is C66H42N2S. The van der Waals surface area contributed by atoms with E-state index in [-0.39, 0.29) is 0 Å². The van der Waals surface area contributed by atoms with Gasteiger partial charge in [0.1, 0.15) is 0 Å². The first-order valence-corrected chi connectivity index (χ1v) is 24.5. The minimum atomic E-state index is 1.08. The summed E-state index contributed by atoms with van der Waals surface area (Å²) in [5.74, 6) is 0. The first-order chi connectivity index (χ1) is 34.2. The van der Waals surface area contributed by atoms with Crippen molar-refractivity contribution in [2.45, 2.75) is 0 Å². The summed E-state index contributed by atoms with van der Waals surface area (Å²) in [6.45, 7) is 0. The maximum absolute atomic E-state index is 2.48. The predicted molar refractivity (Wildman–Crippen MR) is 299 cm³/mol. The van der Waals surface area contributed by atoms with Crippen LogP contribution in [0.25, 0.3) is 113 Å². The van der Waals surface area contributed by atoms with Crippen molar-refractivity contribution in [2.24, 2.45) is 0 Å². The van der Waals surface area contributed by atoms with Gasteiger partial charge in [0.25, 0.3) is 0 Å². The molecule has 0 fully saturated rings. The van der Waals surface area contributed by atoms with E-state index in [2.05, 4.69) is 264 Å². The lowest BCUT2D eigenvalue weighted by Crippen LogP contribution is -2.10. The van der Waals surface area contributed by atoms with Crippen LogP contribution in [-0.4, -0.2) is 4.57 Å². The summed E-state index contributed by atoms with van der Waals surface area (Å²) >= 11 is 1.88. The summed E-state index contributed by atoms with van der Waals surface area (Å²) < 4.78 is 4.97. The number of para-hydroxylation sites is 2. The van der Waals surface area contributed by atoms with Gasteiger partial charge in [-0.15, -0.1) is 11.3 Å². The van der Waals surface area contributed by atoms with Gasteiger partial charge >= 0.3 is 0 Å². The molecule has 14 rings (SSSR count). The monoisotopic (exact) mass is 894 g/mol. The van der Waals surface area contributed by atoms with Gasteiger partial charge in [-0.05, 0) is 144 Å². The van der Waals surface area contributed by atoms with E-state index in [1.165, 1.54) is 107 Å². The highest BCUT2D eigenvalue weighted by Gasteiger charge is 2.20. The van der Waals surface area contributed by atoms with Crippen molar-refractivity contribution in [3.8, 4) is 16.8 Å². The van der Waals surface area contributed by atoms with Crippen LogP contribution < -0.4 is 4.90 Å². The van der Waals surface area contributed by atoms with E-state index >= 15 is 0 Å². The highest BCUT2D eigenvalue weighted by molar-refractivity contribution is 7.25. The predicted octanol–water partition coefficient (Wildman–Crippen LogP) is 19.2. The molecule has 0 N–H and O–H groups in total. The summed E-state index contributed by atoms with van der Waals surface area (Å²) in [5, 5.41) is 17.2. The number of aromatic nitrogens is 1. The molecule has 0 saturated carbocycles. The van der Waals surface area contributed by atoms with Crippen LogP contribution in [0.2, 0.25) is 0 Å². The molecule has 0 radical (unpaired) electrons. The van der Waals surface area contributed by atoms with Crippen molar-refractivity contribution in [2.75, 3.05) is 4.90 Å². The Balaban J connectivity index is 1.12. The molecule has 0 spiro atoms. The van der Waals surface area contributed by atoms with Crippen molar-refractivity contribution < 1.29 is 0 Å². The Kier molecular flexibility index (Phi) is 9.11. The van der Waals surface area contributed by atoms with E-state index in [9.17, 15) is 0 Å². The second kappa shape index (κ2) is 16.0. The number of hydrogen-bond acceptors (Lipinski definition) is 2. The maximum atomic E-state index is 2.48. The van der Waals surface area contributed by atoms with Crippen LogP contribution in [0.15, 0.2) is 255 Å². The van der Waals surface area contributed by atoms with Crippen LogP contribution in [0.1, 0.15) is 0 Å². The lowest BCUT2D eigenvalue weighted by molar-refractivity contribution is 1.18. The zero-order valence-electron chi connectivity index (χ0n) is 37.6. The van der Waals surface area contributed by atoms with Gasteiger partial charge in [0.2, 0.25) is 0 Å². The molecule has 0 unspecified atom stereocenters. The Morgan fingerprint density at radius 2 is 0.681 bits per heavy atom. The zero-order chi connectivity index (χ0) is 45.4. The van der Waals surface area contributed by atoms with Crippen molar-refractivity contribution in [3.63, 3.8) is 0 Å². The standard InChI is InChI=1S/C66H42N2S/c1-3-17-43(18-4-1)44-31-33-46(34-32-44)67(48-36-38-64-61(40-48)56-27-13-15-29-63(56)68(64)45-19-5-2-6-20-45)47-35-37-55-53-25-10-9-23-51(53)49-21-7-8-22-50(49)52-24-11-12-26-54(52)59-41-62-57-28-14-16-30-65(57)69-66(62)42-60(59)58(55)39-47/h1-42H. The summed E-state index contributed by atoms with van der Waals surface area (Å²) in [4.78, 5) is 2.45. The Morgan fingerprint density at radius 3 is 1.33 bits per heavy atom. The molecule has 0 atom stereocenters. The van der Waals surface area contributed by atoms with Gasteiger partial charge in [0.15, 0.2) is 0 Å². The van der Waals surface area contributed by atoms with Gasteiger partial charge in [-0.25, -0.2) is 0 Å². The summed E-state index contributed by atoms with van der Waals surface area (Å²) in [5.41, 5.74) is 9.14. The molecule has 69 heavy (non-hydrogen) atoms. The molecule has 0 bridgehead atoms. The number of rotatable bonds is 5. The number of thiophene rings is 1. The number of anilines is 3. The molecule has 0 amide bonds. The average molecular weight is 895 g/mol. The molecule has 2 heterocycles. The van der Waals surface area contributed by atoms with Crippen molar-refractivity contribution in [1.29, 1.82) is 0 Å². The Morgan fingerprint density at radius 1 is 0.246 bits per heavy atom. The third kappa shape index (κ3) is 6.39. The van der Waals surface area contributed by atoms with Crippen molar-refractivity contribution in [3.05, 3.63) is 255 Å². The molecule has 322 valence electrons. The van der Waals surface area contributed by atoms with Crippen LogP contribution >= 0.6 is 11.3 Å². The van der Waals surface area contributed by atoms with Crippen LogP contribution in [0, 0.1) is 0 Å². The van der Waals surface area contributed by atoms with Gasteiger partial charge in [0.05, 0.1) is 11.0 Å². The highest BCUT2D eigenvalue weighted by Crippen LogP contribution is 2.45. The lowest BCUT2D eigenvalue weighted by Gasteiger charge is -2.26. The summed E-state index contributed by atoms with van der Waals surface area (Å²) in [6, 6.07) is 94.2. The minimum absolute atomic E-state index is 1.08. The number of hydrogen-bond donors (Lipinski definition) is 0. The maximum Gasteiger partial charge on any atom is 0.0542 e. The molecule has 0 aliphatic rings. The molecule has 14 aromatic rings. The van der Waals surface area contributed by atoms with E-state index in [0.29, 0.717) is 0 Å². The molecular weight excluding hydrogens is 853 g/mol. The summed E-state index contributed by atoms with van der Waals surface area (Å²) in [6.07, 6.45) is 0. The molecule has 0 aliphatic heterocycles. The Labute approximate surface area is 403 Å². The average Bonchev–Trinajstić information content (AvgIpc) is 3.96.